The van der Waals surface area contributed by atoms with E-state index in [0.717, 1.165) is 36.3 Å². The zero-order valence-electron chi connectivity index (χ0n) is 14.5. The SMILES string of the molecule is O=C(N/N=C\c1cc([N+](=O)[O-])ccc1N1CC[NH2+]CC1)c1cccc(Br)c1. The third-order valence-corrected chi connectivity index (χ3v) is 4.72. The standard InChI is InChI=1S/C18H18BrN5O3/c19-15-3-1-2-13(10-15)18(25)22-21-12-14-11-16(24(26)27)4-5-17(14)23-8-6-20-7-9-23/h1-5,10-12,20H,6-9H2,(H,22,25)/p+1/b21-12-. The zero-order valence-corrected chi connectivity index (χ0v) is 16.1. The zero-order chi connectivity index (χ0) is 19.2. The molecule has 1 amide bonds. The molecular weight excluding hydrogens is 414 g/mol. The number of quaternary nitrogens is 1. The second kappa shape index (κ2) is 8.74. The molecule has 140 valence electrons. The number of piperazine rings is 1. The summed E-state index contributed by atoms with van der Waals surface area (Å²) in [5.74, 6) is -0.355. The number of nitro groups is 1. The van der Waals surface area contributed by atoms with Gasteiger partial charge in [0.25, 0.3) is 11.6 Å². The van der Waals surface area contributed by atoms with Crippen LogP contribution in [-0.4, -0.2) is 43.2 Å². The van der Waals surface area contributed by atoms with E-state index in [1.807, 2.05) is 6.07 Å². The van der Waals surface area contributed by atoms with Gasteiger partial charge in [-0.05, 0) is 24.3 Å². The molecule has 8 nitrogen and oxygen atoms in total. The monoisotopic (exact) mass is 432 g/mol. The van der Waals surface area contributed by atoms with Gasteiger partial charge in [0.1, 0.15) is 0 Å². The molecule has 3 rings (SSSR count). The first-order chi connectivity index (χ1) is 13.0. The van der Waals surface area contributed by atoms with E-state index in [0.29, 0.717) is 11.1 Å². The van der Waals surface area contributed by atoms with Crippen LogP contribution in [0, 0.1) is 10.1 Å². The summed E-state index contributed by atoms with van der Waals surface area (Å²) in [6.07, 6.45) is 1.45. The number of nitrogens with two attached hydrogens (primary N) is 1. The van der Waals surface area contributed by atoms with E-state index in [-0.39, 0.29) is 11.6 Å². The van der Waals surface area contributed by atoms with Crippen LogP contribution in [0.25, 0.3) is 0 Å². The number of amides is 1. The van der Waals surface area contributed by atoms with Gasteiger partial charge in [0, 0.05) is 33.4 Å². The maximum Gasteiger partial charge on any atom is 0.271 e. The third-order valence-electron chi connectivity index (χ3n) is 4.23. The van der Waals surface area contributed by atoms with Crippen LogP contribution in [0.1, 0.15) is 15.9 Å². The highest BCUT2D eigenvalue weighted by molar-refractivity contribution is 9.10. The summed E-state index contributed by atoms with van der Waals surface area (Å²) in [5.41, 5.74) is 4.39. The van der Waals surface area contributed by atoms with Crippen LogP contribution in [0.4, 0.5) is 11.4 Å². The lowest BCUT2D eigenvalue weighted by Gasteiger charge is -2.28. The first-order valence-electron chi connectivity index (χ1n) is 8.48. The van der Waals surface area contributed by atoms with E-state index in [2.05, 4.69) is 36.7 Å². The summed E-state index contributed by atoms with van der Waals surface area (Å²) >= 11 is 3.32. The predicted octanol–water partition coefficient (Wildman–Crippen LogP) is 1.50. The van der Waals surface area contributed by atoms with Gasteiger partial charge in [-0.1, -0.05) is 22.0 Å². The molecule has 2 aromatic rings. The van der Waals surface area contributed by atoms with Crippen LogP contribution in [0.3, 0.4) is 0 Å². The Morgan fingerprint density at radius 1 is 1.26 bits per heavy atom. The number of halogens is 1. The maximum atomic E-state index is 12.2. The van der Waals surface area contributed by atoms with Crippen molar-refractivity contribution in [3.8, 4) is 0 Å². The molecule has 2 aromatic carbocycles. The Bertz CT molecular complexity index is 881. The van der Waals surface area contributed by atoms with Crippen molar-refractivity contribution >= 4 is 39.4 Å². The number of hydrogen-bond donors (Lipinski definition) is 2. The lowest BCUT2D eigenvalue weighted by molar-refractivity contribution is -0.655. The van der Waals surface area contributed by atoms with Gasteiger partial charge in [0.2, 0.25) is 0 Å². The molecule has 1 aliphatic rings. The number of hydrogen-bond acceptors (Lipinski definition) is 5. The van der Waals surface area contributed by atoms with Crippen LogP contribution in [-0.2, 0) is 0 Å². The number of benzene rings is 2. The normalized spacial score (nSPS) is 14.3. The first-order valence-corrected chi connectivity index (χ1v) is 9.28. The molecule has 27 heavy (non-hydrogen) atoms. The number of nitrogens with one attached hydrogen (secondary N) is 1. The van der Waals surface area contributed by atoms with Gasteiger partial charge in [0.15, 0.2) is 0 Å². The van der Waals surface area contributed by atoms with Gasteiger partial charge >= 0.3 is 0 Å². The Morgan fingerprint density at radius 2 is 2.04 bits per heavy atom. The number of nitrogens with zero attached hydrogens (tertiary/aromatic N) is 3. The molecule has 3 N–H and O–H groups in total. The van der Waals surface area contributed by atoms with Crippen molar-refractivity contribution in [3.63, 3.8) is 0 Å². The summed E-state index contributed by atoms with van der Waals surface area (Å²) in [5, 5.41) is 17.3. The average molecular weight is 433 g/mol. The Kier molecular flexibility index (Phi) is 6.15. The first kappa shape index (κ1) is 19.0. The number of anilines is 1. The van der Waals surface area contributed by atoms with Gasteiger partial charge < -0.3 is 10.2 Å². The summed E-state index contributed by atoms with van der Waals surface area (Å²) in [6.45, 7) is 3.63. The highest BCUT2D eigenvalue weighted by atomic mass is 79.9. The third kappa shape index (κ3) is 4.89. The highest BCUT2D eigenvalue weighted by Crippen LogP contribution is 2.24. The molecule has 0 unspecified atom stereocenters. The number of carbonyl (C=O) groups is 1. The summed E-state index contributed by atoms with van der Waals surface area (Å²) < 4.78 is 0.794. The number of nitro benzene ring substituents is 1. The van der Waals surface area contributed by atoms with E-state index in [1.54, 1.807) is 24.3 Å². The van der Waals surface area contributed by atoms with Crippen molar-refractivity contribution in [2.75, 3.05) is 31.1 Å². The minimum absolute atomic E-state index is 0.0120. The molecule has 1 fully saturated rings. The summed E-state index contributed by atoms with van der Waals surface area (Å²) in [7, 11) is 0. The predicted molar refractivity (Wildman–Crippen MR) is 106 cm³/mol. The molecule has 1 saturated heterocycles. The topological polar surface area (TPSA) is 104 Å². The van der Waals surface area contributed by atoms with E-state index < -0.39 is 4.92 Å². The molecule has 1 heterocycles. The van der Waals surface area contributed by atoms with E-state index in [1.165, 1.54) is 18.3 Å². The van der Waals surface area contributed by atoms with Gasteiger partial charge in [-0.3, -0.25) is 14.9 Å². The number of non-ortho nitro benzene ring substituents is 1. The Labute approximate surface area is 164 Å². The van der Waals surface area contributed by atoms with Gasteiger partial charge in [-0.25, -0.2) is 5.43 Å². The Balaban J connectivity index is 1.80. The highest BCUT2D eigenvalue weighted by Gasteiger charge is 2.18. The number of rotatable bonds is 5. The molecule has 0 atom stereocenters. The van der Waals surface area contributed by atoms with E-state index in [9.17, 15) is 14.9 Å². The largest absolute Gasteiger partial charge is 0.360 e. The second-order valence-electron chi connectivity index (χ2n) is 6.06. The molecule has 0 radical (unpaired) electrons. The fourth-order valence-electron chi connectivity index (χ4n) is 2.89. The molecular formula is C18H19BrN5O3+. The molecule has 0 saturated carbocycles. The fourth-order valence-corrected chi connectivity index (χ4v) is 3.29. The van der Waals surface area contributed by atoms with Crippen LogP contribution in [0.15, 0.2) is 52.0 Å². The minimum atomic E-state index is -0.439. The van der Waals surface area contributed by atoms with Crippen molar-refractivity contribution in [1.29, 1.82) is 0 Å². The van der Waals surface area contributed by atoms with Gasteiger partial charge in [-0.15, -0.1) is 0 Å². The van der Waals surface area contributed by atoms with E-state index >= 15 is 0 Å². The Morgan fingerprint density at radius 3 is 2.74 bits per heavy atom. The van der Waals surface area contributed by atoms with Crippen molar-refractivity contribution in [2.24, 2.45) is 5.10 Å². The molecule has 1 aliphatic heterocycles. The quantitative estimate of drug-likeness (QED) is 0.424. The van der Waals surface area contributed by atoms with Crippen LogP contribution in [0.2, 0.25) is 0 Å². The number of carbonyl (C=O) groups excluding carboxylic acids is 1. The Hall–Kier alpha value is -2.78. The van der Waals surface area contributed by atoms with Crippen LogP contribution in [0.5, 0.6) is 0 Å². The van der Waals surface area contributed by atoms with Crippen molar-refractivity contribution in [3.05, 3.63) is 68.2 Å². The maximum absolute atomic E-state index is 12.2. The number of hydrazone groups is 1. The molecule has 0 aliphatic carbocycles. The molecule has 9 heteroatoms. The van der Waals surface area contributed by atoms with Crippen LogP contribution >= 0.6 is 15.9 Å². The average Bonchev–Trinajstić information content (AvgIpc) is 2.68. The summed E-state index contributed by atoms with van der Waals surface area (Å²) in [6, 6.07) is 11.7. The lowest BCUT2D eigenvalue weighted by Crippen LogP contribution is -2.89. The van der Waals surface area contributed by atoms with Crippen molar-refractivity contribution in [1.82, 2.24) is 5.43 Å². The second-order valence-corrected chi connectivity index (χ2v) is 6.98. The molecule has 0 aromatic heterocycles. The minimum Gasteiger partial charge on any atom is -0.360 e. The smallest absolute Gasteiger partial charge is 0.271 e. The van der Waals surface area contributed by atoms with Gasteiger partial charge in [-0.2, -0.15) is 5.10 Å². The van der Waals surface area contributed by atoms with Crippen LogP contribution < -0.4 is 15.6 Å². The lowest BCUT2D eigenvalue weighted by atomic mass is 10.1. The van der Waals surface area contributed by atoms with Gasteiger partial charge in [0.05, 0.1) is 37.3 Å². The van der Waals surface area contributed by atoms with Crippen molar-refractivity contribution in [2.45, 2.75) is 0 Å². The molecule has 0 bridgehead atoms. The van der Waals surface area contributed by atoms with Crippen molar-refractivity contribution < 1.29 is 15.0 Å². The fraction of sp³-hybridized carbons (Fsp3) is 0.222. The van der Waals surface area contributed by atoms with E-state index in [4.69, 9.17) is 0 Å². The summed E-state index contributed by atoms with van der Waals surface area (Å²) in [4.78, 5) is 25.0. The molecule has 0 spiro atoms.